The minimum absolute atomic E-state index is 0.0437. The Labute approximate surface area is 116 Å². The minimum Gasteiger partial charge on any atom is -0.480 e. The summed E-state index contributed by atoms with van der Waals surface area (Å²) in [5, 5.41) is 21.1. The van der Waals surface area contributed by atoms with Crippen molar-refractivity contribution in [1.29, 1.82) is 0 Å². The van der Waals surface area contributed by atoms with Gasteiger partial charge in [-0.05, 0) is 19.8 Å². The van der Waals surface area contributed by atoms with Crippen LogP contribution in [0.15, 0.2) is 0 Å². The number of hydrogen-bond acceptors (Lipinski definition) is 5. The van der Waals surface area contributed by atoms with E-state index in [1.807, 2.05) is 0 Å². The van der Waals surface area contributed by atoms with Gasteiger partial charge in [-0.1, -0.05) is 0 Å². The van der Waals surface area contributed by atoms with Gasteiger partial charge in [0.25, 0.3) is 0 Å². The predicted molar refractivity (Wildman–Crippen MR) is 68.0 cm³/mol. The first-order valence-electron chi connectivity index (χ1n) is 6.32. The van der Waals surface area contributed by atoms with Gasteiger partial charge in [0.1, 0.15) is 6.04 Å². The molecular formula is C12H20N2O6. The molecule has 114 valence electrons. The first-order valence-corrected chi connectivity index (χ1v) is 6.32. The lowest BCUT2D eigenvalue weighted by Crippen LogP contribution is -2.48. The normalized spacial score (nSPS) is 23.2. The summed E-state index contributed by atoms with van der Waals surface area (Å²) in [7, 11) is 1.21. The number of ether oxygens (including phenoxy) is 1. The zero-order valence-electron chi connectivity index (χ0n) is 11.6. The minimum atomic E-state index is -1.21. The SMILES string of the molecule is COC(=O)CC[C@H](NC(=O)N1CCC(C)(O)C1)C(=O)O. The maximum atomic E-state index is 11.9. The van der Waals surface area contributed by atoms with Crippen LogP contribution < -0.4 is 5.32 Å². The molecule has 2 amide bonds. The second-order valence-corrected chi connectivity index (χ2v) is 5.12. The highest BCUT2D eigenvalue weighted by molar-refractivity contribution is 5.83. The second-order valence-electron chi connectivity index (χ2n) is 5.12. The van der Waals surface area contributed by atoms with Gasteiger partial charge in [0.2, 0.25) is 0 Å². The molecule has 1 aliphatic rings. The number of amides is 2. The van der Waals surface area contributed by atoms with Crippen LogP contribution in [-0.2, 0) is 14.3 Å². The van der Waals surface area contributed by atoms with E-state index < -0.39 is 29.6 Å². The average Bonchev–Trinajstić information content (AvgIpc) is 2.73. The Morgan fingerprint density at radius 1 is 1.45 bits per heavy atom. The molecule has 0 saturated carbocycles. The smallest absolute Gasteiger partial charge is 0.326 e. The highest BCUT2D eigenvalue weighted by Gasteiger charge is 2.35. The van der Waals surface area contributed by atoms with Crippen molar-refractivity contribution in [2.75, 3.05) is 20.2 Å². The average molecular weight is 288 g/mol. The van der Waals surface area contributed by atoms with Gasteiger partial charge in [-0.2, -0.15) is 0 Å². The fraction of sp³-hybridized carbons (Fsp3) is 0.750. The van der Waals surface area contributed by atoms with Crippen LogP contribution in [0, 0.1) is 0 Å². The van der Waals surface area contributed by atoms with Crippen molar-refractivity contribution in [2.45, 2.75) is 37.8 Å². The molecule has 0 bridgehead atoms. The molecule has 0 aromatic heterocycles. The molecule has 8 nitrogen and oxygen atoms in total. The number of carboxylic acids is 1. The molecule has 1 aliphatic heterocycles. The Bertz CT molecular complexity index is 395. The van der Waals surface area contributed by atoms with Gasteiger partial charge in [-0.15, -0.1) is 0 Å². The zero-order valence-corrected chi connectivity index (χ0v) is 11.6. The summed E-state index contributed by atoms with van der Waals surface area (Å²) in [6.07, 6.45) is 0.309. The van der Waals surface area contributed by atoms with E-state index >= 15 is 0 Å². The lowest BCUT2D eigenvalue weighted by Gasteiger charge is -2.22. The molecule has 2 atom stereocenters. The first kappa shape index (κ1) is 16.2. The van der Waals surface area contributed by atoms with E-state index in [0.29, 0.717) is 13.0 Å². The third kappa shape index (κ3) is 4.69. The van der Waals surface area contributed by atoms with Crippen molar-refractivity contribution >= 4 is 18.0 Å². The summed E-state index contributed by atoms with van der Waals surface area (Å²) in [4.78, 5) is 35.3. The van der Waals surface area contributed by atoms with E-state index in [0.717, 1.165) is 0 Å². The summed E-state index contributed by atoms with van der Waals surface area (Å²) in [5.74, 6) is -1.75. The molecular weight excluding hydrogens is 268 g/mol. The van der Waals surface area contributed by atoms with E-state index in [1.54, 1.807) is 6.92 Å². The van der Waals surface area contributed by atoms with Crippen LogP contribution >= 0.6 is 0 Å². The molecule has 1 saturated heterocycles. The Balaban J connectivity index is 2.51. The molecule has 20 heavy (non-hydrogen) atoms. The van der Waals surface area contributed by atoms with Crippen LogP contribution in [0.3, 0.4) is 0 Å². The number of hydrogen-bond donors (Lipinski definition) is 3. The van der Waals surface area contributed by atoms with Crippen molar-refractivity contribution in [2.24, 2.45) is 0 Å². The number of carboxylic acid groups (broad SMARTS) is 1. The number of rotatable bonds is 5. The number of nitrogens with zero attached hydrogens (tertiary/aromatic N) is 1. The molecule has 0 spiro atoms. The Morgan fingerprint density at radius 3 is 2.55 bits per heavy atom. The zero-order chi connectivity index (χ0) is 15.3. The monoisotopic (exact) mass is 288 g/mol. The molecule has 3 N–H and O–H groups in total. The summed E-state index contributed by atoms with van der Waals surface area (Å²) < 4.78 is 4.42. The second kappa shape index (κ2) is 6.56. The molecule has 1 unspecified atom stereocenters. The number of carbonyl (C=O) groups excluding carboxylic acids is 2. The van der Waals surface area contributed by atoms with Gasteiger partial charge < -0.3 is 25.2 Å². The molecule has 1 rings (SSSR count). The van der Waals surface area contributed by atoms with Crippen molar-refractivity contribution < 1.29 is 29.3 Å². The predicted octanol–water partition coefficient (Wildman–Crippen LogP) is -0.441. The van der Waals surface area contributed by atoms with E-state index in [2.05, 4.69) is 10.1 Å². The highest BCUT2D eigenvalue weighted by atomic mass is 16.5. The number of methoxy groups -OCH3 is 1. The van der Waals surface area contributed by atoms with E-state index in [-0.39, 0.29) is 19.4 Å². The van der Waals surface area contributed by atoms with Crippen LogP contribution in [0.2, 0.25) is 0 Å². The first-order chi connectivity index (χ1) is 9.25. The van der Waals surface area contributed by atoms with Gasteiger partial charge in [0, 0.05) is 13.0 Å². The van der Waals surface area contributed by atoms with Gasteiger partial charge in [0.05, 0.1) is 19.3 Å². The van der Waals surface area contributed by atoms with Crippen molar-refractivity contribution in [3.05, 3.63) is 0 Å². The third-order valence-corrected chi connectivity index (χ3v) is 3.20. The molecule has 0 aromatic carbocycles. The quantitative estimate of drug-likeness (QED) is 0.590. The number of nitrogens with one attached hydrogen (secondary N) is 1. The Morgan fingerprint density at radius 2 is 2.10 bits per heavy atom. The molecule has 1 heterocycles. The molecule has 8 heteroatoms. The molecule has 0 aliphatic carbocycles. The van der Waals surface area contributed by atoms with Crippen LogP contribution in [0.5, 0.6) is 0 Å². The fourth-order valence-corrected chi connectivity index (χ4v) is 1.98. The van der Waals surface area contributed by atoms with Crippen molar-refractivity contribution in [3.63, 3.8) is 0 Å². The summed E-state index contributed by atoms with van der Waals surface area (Å²) >= 11 is 0. The Hall–Kier alpha value is -1.83. The van der Waals surface area contributed by atoms with Gasteiger partial charge >= 0.3 is 18.0 Å². The van der Waals surface area contributed by atoms with Crippen molar-refractivity contribution in [3.8, 4) is 0 Å². The standard InChI is InChI=1S/C12H20N2O6/c1-12(19)5-6-14(7-12)11(18)13-8(10(16)17)3-4-9(15)20-2/h8,19H,3-7H2,1-2H3,(H,13,18)(H,16,17)/t8-,12?/m0/s1. The largest absolute Gasteiger partial charge is 0.480 e. The van der Waals surface area contributed by atoms with Crippen LogP contribution in [0.25, 0.3) is 0 Å². The van der Waals surface area contributed by atoms with Gasteiger partial charge in [-0.3, -0.25) is 4.79 Å². The van der Waals surface area contributed by atoms with E-state index in [4.69, 9.17) is 5.11 Å². The van der Waals surface area contributed by atoms with E-state index in [1.165, 1.54) is 12.0 Å². The molecule has 1 fully saturated rings. The van der Waals surface area contributed by atoms with Crippen molar-refractivity contribution in [1.82, 2.24) is 10.2 Å². The fourth-order valence-electron chi connectivity index (χ4n) is 1.98. The number of urea groups is 1. The van der Waals surface area contributed by atoms with Gasteiger partial charge in [0.15, 0.2) is 0 Å². The lowest BCUT2D eigenvalue weighted by atomic mass is 10.1. The van der Waals surface area contributed by atoms with Crippen LogP contribution in [0.1, 0.15) is 26.2 Å². The number of carbonyl (C=O) groups is 3. The lowest BCUT2D eigenvalue weighted by molar-refractivity contribution is -0.142. The van der Waals surface area contributed by atoms with Crippen LogP contribution in [-0.4, -0.2) is 64.9 Å². The number of likely N-dealkylation sites (tertiary alicyclic amines) is 1. The maximum absolute atomic E-state index is 11.9. The van der Waals surface area contributed by atoms with Crippen LogP contribution in [0.4, 0.5) is 4.79 Å². The maximum Gasteiger partial charge on any atom is 0.326 e. The molecule has 0 aromatic rings. The third-order valence-electron chi connectivity index (χ3n) is 3.20. The summed E-state index contributed by atoms with van der Waals surface area (Å²) in [6, 6.07) is -1.72. The summed E-state index contributed by atoms with van der Waals surface area (Å²) in [5.41, 5.74) is -0.942. The topological polar surface area (TPSA) is 116 Å². The number of aliphatic carboxylic acids is 1. The number of esters is 1. The van der Waals surface area contributed by atoms with Gasteiger partial charge in [-0.25, -0.2) is 9.59 Å². The Kier molecular flexibility index (Phi) is 5.32. The highest BCUT2D eigenvalue weighted by Crippen LogP contribution is 2.20. The number of aliphatic hydroxyl groups is 1. The number of β-amino-alcohol motifs (C(OH)–C–C–N with tert-alkyl or cyclic N) is 1. The molecule has 0 radical (unpaired) electrons. The van der Waals surface area contributed by atoms with E-state index in [9.17, 15) is 19.5 Å². The summed E-state index contributed by atoms with van der Waals surface area (Å²) in [6.45, 7) is 2.14.